The summed E-state index contributed by atoms with van der Waals surface area (Å²) >= 11 is 3.38. The van der Waals surface area contributed by atoms with Crippen molar-refractivity contribution in [2.24, 2.45) is 10.2 Å². The molecule has 0 saturated heterocycles. The quantitative estimate of drug-likeness (QED) is 0.892. The molecule has 2 unspecified atom stereocenters. The highest BCUT2D eigenvalue weighted by molar-refractivity contribution is 9.10. The molecule has 1 aliphatic heterocycles. The van der Waals surface area contributed by atoms with Crippen LogP contribution >= 0.6 is 15.9 Å². The molecule has 5 nitrogen and oxygen atoms in total. The molecule has 0 radical (unpaired) electrons. The number of carbonyl (C=O) groups excluding carboxylic acids is 2. The molecular formula is C15H14BrN3O2. The maximum Gasteiger partial charge on any atom is 0.287 e. The zero-order chi connectivity index (χ0) is 14.8. The number of amides is 2. The first-order valence-corrected chi connectivity index (χ1v) is 7.63. The van der Waals surface area contributed by atoms with Gasteiger partial charge in [-0.1, -0.05) is 12.1 Å². The second-order valence-electron chi connectivity index (χ2n) is 5.22. The molecule has 2 atom stereocenters. The molecule has 0 bridgehead atoms. The molecule has 1 aliphatic carbocycles. The van der Waals surface area contributed by atoms with Crippen LogP contribution in [0.2, 0.25) is 0 Å². The van der Waals surface area contributed by atoms with Gasteiger partial charge in [-0.05, 0) is 52.9 Å². The third-order valence-electron chi connectivity index (χ3n) is 3.76. The Labute approximate surface area is 130 Å². The van der Waals surface area contributed by atoms with E-state index in [9.17, 15) is 9.59 Å². The van der Waals surface area contributed by atoms with Crippen LogP contribution in [0, 0.1) is 0 Å². The predicted octanol–water partition coefficient (Wildman–Crippen LogP) is 3.02. The fraction of sp³-hybridized carbons (Fsp3) is 0.333. The Bertz CT molecular complexity index is 654. The van der Waals surface area contributed by atoms with E-state index in [0.717, 1.165) is 22.9 Å². The van der Waals surface area contributed by atoms with Crippen LogP contribution in [0.15, 0.2) is 50.6 Å². The van der Waals surface area contributed by atoms with Gasteiger partial charge < -0.3 is 5.32 Å². The summed E-state index contributed by atoms with van der Waals surface area (Å²) in [5, 5.41) is 10.6. The van der Waals surface area contributed by atoms with Crippen molar-refractivity contribution in [3.63, 3.8) is 0 Å². The molecule has 3 rings (SSSR count). The molecule has 0 aromatic heterocycles. The molecule has 1 aromatic carbocycles. The average Bonchev–Trinajstić information content (AvgIpc) is 2.47. The van der Waals surface area contributed by atoms with Crippen LogP contribution in [-0.4, -0.2) is 23.9 Å². The number of rotatable bonds is 2. The first kappa shape index (κ1) is 14.1. The van der Waals surface area contributed by atoms with E-state index in [1.165, 1.54) is 0 Å². The first-order chi connectivity index (χ1) is 10.1. The summed E-state index contributed by atoms with van der Waals surface area (Å²) in [5.74, 6) is -0.408. The van der Waals surface area contributed by atoms with E-state index in [2.05, 4.69) is 31.5 Å². The minimum Gasteiger partial charge on any atom is -0.349 e. The van der Waals surface area contributed by atoms with Gasteiger partial charge in [0.25, 0.3) is 11.8 Å². The zero-order valence-corrected chi connectivity index (χ0v) is 12.8. The third-order valence-corrected chi connectivity index (χ3v) is 4.45. The van der Waals surface area contributed by atoms with E-state index >= 15 is 0 Å². The van der Waals surface area contributed by atoms with Gasteiger partial charge in [0.05, 0.1) is 11.6 Å². The fourth-order valence-corrected chi connectivity index (χ4v) is 3.16. The summed E-state index contributed by atoms with van der Waals surface area (Å²) in [5.41, 5.74) is 1.59. The Morgan fingerprint density at radius 2 is 2.10 bits per heavy atom. The van der Waals surface area contributed by atoms with Gasteiger partial charge in [-0.25, -0.2) is 0 Å². The van der Waals surface area contributed by atoms with E-state index in [1.807, 2.05) is 18.2 Å². The molecule has 6 heteroatoms. The Morgan fingerprint density at radius 3 is 2.90 bits per heavy atom. The number of hydrogen-bond donors (Lipinski definition) is 1. The molecule has 1 N–H and O–H groups in total. The monoisotopic (exact) mass is 347 g/mol. The summed E-state index contributed by atoms with van der Waals surface area (Å²) < 4.78 is 0.775. The fourth-order valence-electron chi connectivity index (χ4n) is 2.70. The van der Waals surface area contributed by atoms with Crippen LogP contribution in [0.3, 0.4) is 0 Å². The van der Waals surface area contributed by atoms with E-state index in [1.54, 1.807) is 12.1 Å². The minimum atomic E-state index is -0.306. The van der Waals surface area contributed by atoms with Crippen molar-refractivity contribution in [2.45, 2.75) is 31.3 Å². The predicted molar refractivity (Wildman–Crippen MR) is 81.0 cm³/mol. The lowest BCUT2D eigenvalue weighted by Crippen LogP contribution is -2.39. The smallest absolute Gasteiger partial charge is 0.287 e. The molecule has 1 saturated carbocycles. The number of nitrogens with zero attached hydrogens (tertiary/aromatic N) is 2. The lowest BCUT2D eigenvalue weighted by atomic mass is 9.86. The topological polar surface area (TPSA) is 70.9 Å². The molecule has 108 valence electrons. The number of benzene rings is 1. The summed E-state index contributed by atoms with van der Waals surface area (Å²) in [7, 11) is 0. The summed E-state index contributed by atoms with van der Waals surface area (Å²) in [6, 6.07) is 7.37. The highest BCUT2D eigenvalue weighted by atomic mass is 79.9. The Balaban J connectivity index is 1.68. The zero-order valence-electron chi connectivity index (χ0n) is 11.3. The Kier molecular flexibility index (Phi) is 3.96. The van der Waals surface area contributed by atoms with Gasteiger partial charge in [0.15, 0.2) is 0 Å². The van der Waals surface area contributed by atoms with Crippen molar-refractivity contribution in [2.75, 3.05) is 0 Å². The van der Waals surface area contributed by atoms with Gasteiger partial charge in [0.1, 0.15) is 0 Å². The average molecular weight is 348 g/mol. The SMILES string of the molecule is O=C1C=C2CC(NC(=O)c3ccccc3Br)CCC2N=N1. The second kappa shape index (κ2) is 5.89. The third kappa shape index (κ3) is 3.10. The number of carbonyl (C=O) groups is 2. The van der Waals surface area contributed by atoms with Crippen molar-refractivity contribution in [1.29, 1.82) is 0 Å². The number of hydrogen-bond acceptors (Lipinski definition) is 3. The van der Waals surface area contributed by atoms with Crippen LogP contribution in [0.5, 0.6) is 0 Å². The number of nitrogens with one attached hydrogen (secondary N) is 1. The molecule has 2 aliphatic rings. The van der Waals surface area contributed by atoms with Gasteiger partial charge in [0.2, 0.25) is 0 Å². The lowest BCUT2D eigenvalue weighted by Gasteiger charge is -2.30. The molecule has 21 heavy (non-hydrogen) atoms. The van der Waals surface area contributed by atoms with Crippen molar-refractivity contribution in [1.82, 2.24) is 5.32 Å². The molecule has 1 aromatic rings. The van der Waals surface area contributed by atoms with Gasteiger partial charge in [0, 0.05) is 16.6 Å². The molecule has 1 fully saturated rings. The van der Waals surface area contributed by atoms with Crippen molar-refractivity contribution in [3.8, 4) is 0 Å². The highest BCUT2D eigenvalue weighted by Crippen LogP contribution is 2.29. The van der Waals surface area contributed by atoms with Crippen molar-refractivity contribution in [3.05, 3.63) is 46.0 Å². The lowest BCUT2D eigenvalue weighted by molar-refractivity contribution is -0.114. The maximum absolute atomic E-state index is 12.3. The number of halogens is 1. The van der Waals surface area contributed by atoms with Crippen LogP contribution < -0.4 is 5.32 Å². The van der Waals surface area contributed by atoms with Crippen molar-refractivity contribution >= 4 is 27.7 Å². The van der Waals surface area contributed by atoms with Crippen LogP contribution in [0.25, 0.3) is 0 Å². The van der Waals surface area contributed by atoms with Gasteiger partial charge in [-0.15, -0.1) is 5.11 Å². The molecule has 1 heterocycles. The van der Waals surface area contributed by atoms with Crippen LogP contribution in [-0.2, 0) is 4.79 Å². The van der Waals surface area contributed by atoms with Gasteiger partial charge in [-0.3, -0.25) is 9.59 Å². The number of fused-ring (bicyclic) bond motifs is 1. The second-order valence-corrected chi connectivity index (χ2v) is 6.07. The summed E-state index contributed by atoms with van der Waals surface area (Å²) in [6.45, 7) is 0. The summed E-state index contributed by atoms with van der Waals surface area (Å²) in [4.78, 5) is 23.6. The van der Waals surface area contributed by atoms with E-state index in [-0.39, 0.29) is 23.9 Å². The van der Waals surface area contributed by atoms with E-state index in [4.69, 9.17) is 0 Å². The Morgan fingerprint density at radius 1 is 1.29 bits per heavy atom. The van der Waals surface area contributed by atoms with E-state index in [0.29, 0.717) is 12.0 Å². The minimum absolute atomic E-state index is 0.0133. The summed E-state index contributed by atoms with van der Waals surface area (Å²) in [6.07, 6.45) is 3.86. The molecule has 0 spiro atoms. The van der Waals surface area contributed by atoms with Crippen LogP contribution in [0.1, 0.15) is 29.6 Å². The standard InChI is InChI=1S/C15H14BrN3O2/c16-12-4-2-1-3-11(12)15(21)17-10-5-6-13-9(7-10)8-14(20)19-18-13/h1-4,8,10,13H,5-7H2,(H,17,21). The first-order valence-electron chi connectivity index (χ1n) is 6.84. The van der Waals surface area contributed by atoms with E-state index < -0.39 is 0 Å². The largest absolute Gasteiger partial charge is 0.349 e. The normalized spacial score (nSPS) is 24.2. The van der Waals surface area contributed by atoms with Gasteiger partial charge in [-0.2, -0.15) is 5.11 Å². The Hall–Kier alpha value is -1.82. The molecular weight excluding hydrogens is 334 g/mol. The number of azo groups is 1. The highest BCUT2D eigenvalue weighted by Gasteiger charge is 2.29. The maximum atomic E-state index is 12.3. The van der Waals surface area contributed by atoms with Crippen LogP contribution in [0.4, 0.5) is 0 Å². The van der Waals surface area contributed by atoms with Crippen molar-refractivity contribution < 1.29 is 9.59 Å². The van der Waals surface area contributed by atoms with Gasteiger partial charge >= 0.3 is 0 Å². The molecule has 2 amide bonds.